The van der Waals surface area contributed by atoms with Gasteiger partial charge in [0.15, 0.2) is 11.5 Å². The first-order valence-corrected chi connectivity index (χ1v) is 10.9. The fourth-order valence-electron chi connectivity index (χ4n) is 2.77. The highest BCUT2D eigenvalue weighted by Crippen LogP contribution is 2.36. The molecule has 2 heterocycles. The number of methoxy groups -OCH3 is 1. The number of nitrogens with zero attached hydrogens (tertiary/aromatic N) is 3. The first-order valence-electron chi connectivity index (χ1n) is 10.1. The minimum Gasteiger partial charge on any atom is -0.493 e. The van der Waals surface area contributed by atoms with Gasteiger partial charge in [-0.05, 0) is 48.9 Å². The van der Waals surface area contributed by atoms with Crippen molar-refractivity contribution < 1.29 is 33.5 Å². The van der Waals surface area contributed by atoms with E-state index in [1.807, 2.05) is 6.92 Å². The second-order valence-corrected chi connectivity index (χ2v) is 8.09. The van der Waals surface area contributed by atoms with Crippen molar-refractivity contribution in [3.63, 3.8) is 0 Å². The zero-order chi connectivity index (χ0) is 24.8. The van der Waals surface area contributed by atoms with Gasteiger partial charge in [-0.1, -0.05) is 13.0 Å². The summed E-state index contributed by atoms with van der Waals surface area (Å²) < 4.78 is 16.1. The van der Waals surface area contributed by atoms with Crippen LogP contribution in [0.4, 0.5) is 10.5 Å². The van der Waals surface area contributed by atoms with Crippen LogP contribution in [0.25, 0.3) is 6.08 Å². The number of amides is 2. The Morgan fingerprint density at radius 3 is 2.65 bits per heavy atom. The number of ether oxygens (including phenoxy) is 3. The van der Waals surface area contributed by atoms with E-state index in [4.69, 9.17) is 14.2 Å². The number of thioether (sulfide) groups is 1. The van der Waals surface area contributed by atoms with Gasteiger partial charge in [-0.3, -0.25) is 29.4 Å². The molecule has 0 aliphatic carbocycles. The summed E-state index contributed by atoms with van der Waals surface area (Å²) in [5, 5.41) is 10.2. The SMILES string of the molecule is CC[C@@H](C)OC(=O)CN1C(=O)S/C(=C/c2ccc(Oc3ccc([N+](=O)[O-])cn3)c(OC)c2)C1=O. The Kier molecular flexibility index (Phi) is 7.84. The maximum absolute atomic E-state index is 12.6. The predicted molar refractivity (Wildman–Crippen MR) is 122 cm³/mol. The third-order valence-corrected chi connectivity index (χ3v) is 5.61. The number of rotatable bonds is 9. The molecule has 1 aliphatic rings. The molecule has 0 spiro atoms. The lowest BCUT2D eigenvalue weighted by atomic mass is 10.2. The number of hydrogen-bond acceptors (Lipinski definition) is 10. The van der Waals surface area contributed by atoms with Crippen molar-refractivity contribution in [1.29, 1.82) is 0 Å². The highest BCUT2D eigenvalue weighted by molar-refractivity contribution is 8.18. The van der Waals surface area contributed by atoms with Crippen LogP contribution in [0.3, 0.4) is 0 Å². The number of aromatic nitrogens is 1. The second kappa shape index (κ2) is 10.8. The van der Waals surface area contributed by atoms with E-state index in [-0.39, 0.29) is 22.6 Å². The number of nitro groups is 1. The molecule has 12 heteroatoms. The van der Waals surface area contributed by atoms with Gasteiger partial charge in [-0.2, -0.15) is 0 Å². The molecule has 1 aliphatic heterocycles. The molecule has 34 heavy (non-hydrogen) atoms. The lowest BCUT2D eigenvalue weighted by molar-refractivity contribution is -0.385. The highest BCUT2D eigenvalue weighted by atomic mass is 32.2. The summed E-state index contributed by atoms with van der Waals surface area (Å²) in [5.41, 5.74) is 0.380. The minimum atomic E-state index is -0.652. The zero-order valence-corrected chi connectivity index (χ0v) is 19.4. The van der Waals surface area contributed by atoms with Crippen LogP contribution >= 0.6 is 11.8 Å². The van der Waals surface area contributed by atoms with E-state index in [0.29, 0.717) is 23.5 Å². The fraction of sp³-hybridized carbons (Fsp3) is 0.273. The van der Waals surface area contributed by atoms with E-state index >= 15 is 0 Å². The Hall–Kier alpha value is -3.93. The Morgan fingerprint density at radius 1 is 1.26 bits per heavy atom. The van der Waals surface area contributed by atoms with Crippen molar-refractivity contribution in [1.82, 2.24) is 9.88 Å². The fourth-order valence-corrected chi connectivity index (χ4v) is 3.61. The summed E-state index contributed by atoms with van der Waals surface area (Å²) in [7, 11) is 1.42. The van der Waals surface area contributed by atoms with Gasteiger partial charge in [-0.25, -0.2) is 4.98 Å². The Labute approximate surface area is 198 Å². The number of hydrogen-bond donors (Lipinski definition) is 0. The van der Waals surface area contributed by atoms with E-state index in [2.05, 4.69) is 4.98 Å². The predicted octanol–water partition coefficient (Wildman–Crippen LogP) is 4.17. The average molecular weight is 487 g/mol. The van der Waals surface area contributed by atoms with Crippen LogP contribution in [0.5, 0.6) is 17.4 Å². The maximum atomic E-state index is 12.6. The van der Waals surface area contributed by atoms with Crippen LogP contribution in [0.2, 0.25) is 0 Å². The number of pyridine rings is 1. The monoisotopic (exact) mass is 487 g/mol. The third-order valence-electron chi connectivity index (χ3n) is 4.70. The normalized spacial score (nSPS) is 15.4. The van der Waals surface area contributed by atoms with E-state index in [1.165, 1.54) is 25.3 Å². The van der Waals surface area contributed by atoms with Crippen LogP contribution in [-0.4, -0.2) is 51.7 Å². The molecule has 0 saturated carbocycles. The van der Waals surface area contributed by atoms with Gasteiger partial charge >= 0.3 is 5.97 Å². The summed E-state index contributed by atoms with van der Waals surface area (Å²) in [6, 6.07) is 7.41. The summed E-state index contributed by atoms with van der Waals surface area (Å²) in [6.45, 7) is 3.13. The minimum absolute atomic E-state index is 0.127. The molecule has 0 bridgehead atoms. The molecule has 2 amide bonds. The lowest BCUT2D eigenvalue weighted by Crippen LogP contribution is -2.35. The first-order chi connectivity index (χ1) is 16.2. The van der Waals surface area contributed by atoms with Crippen molar-refractivity contribution in [3.05, 3.63) is 57.1 Å². The van der Waals surface area contributed by atoms with Crippen molar-refractivity contribution >= 4 is 40.6 Å². The Morgan fingerprint density at radius 2 is 2.03 bits per heavy atom. The number of benzene rings is 1. The molecule has 2 aromatic rings. The van der Waals surface area contributed by atoms with Gasteiger partial charge in [0, 0.05) is 12.1 Å². The van der Waals surface area contributed by atoms with Gasteiger partial charge < -0.3 is 14.2 Å². The Bertz CT molecular complexity index is 1150. The number of esters is 1. The molecule has 1 aromatic heterocycles. The summed E-state index contributed by atoms with van der Waals surface area (Å²) >= 11 is 0.721. The van der Waals surface area contributed by atoms with Crippen molar-refractivity contribution in [2.24, 2.45) is 0 Å². The largest absolute Gasteiger partial charge is 0.493 e. The summed E-state index contributed by atoms with van der Waals surface area (Å²) in [6.07, 6.45) is 2.89. The molecular weight excluding hydrogens is 466 g/mol. The molecule has 0 N–H and O–H groups in total. The van der Waals surface area contributed by atoms with Gasteiger partial charge in [0.2, 0.25) is 5.88 Å². The van der Waals surface area contributed by atoms with Crippen molar-refractivity contribution in [3.8, 4) is 17.4 Å². The molecule has 0 unspecified atom stereocenters. The molecule has 1 saturated heterocycles. The van der Waals surface area contributed by atoms with Gasteiger partial charge in [0.1, 0.15) is 12.7 Å². The van der Waals surface area contributed by atoms with E-state index in [1.54, 1.807) is 25.1 Å². The molecule has 1 atom stereocenters. The molecule has 11 nitrogen and oxygen atoms in total. The number of imide groups is 1. The van der Waals surface area contributed by atoms with Crippen LogP contribution in [0, 0.1) is 10.1 Å². The molecule has 1 aromatic carbocycles. The molecule has 178 valence electrons. The number of carbonyl (C=O) groups is 3. The van der Waals surface area contributed by atoms with Gasteiger partial charge in [-0.15, -0.1) is 0 Å². The highest BCUT2D eigenvalue weighted by Gasteiger charge is 2.36. The second-order valence-electron chi connectivity index (χ2n) is 7.10. The summed E-state index contributed by atoms with van der Waals surface area (Å²) in [4.78, 5) is 51.9. The van der Waals surface area contributed by atoms with Crippen LogP contribution in [0.15, 0.2) is 41.4 Å². The third kappa shape index (κ3) is 5.90. The quantitative estimate of drug-likeness (QED) is 0.219. The summed E-state index contributed by atoms with van der Waals surface area (Å²) in [5.74, 6) is -0.513. The van der Waals surface area contributed by atoms with Gasteiger partial charge in [0.25, 0.3) is 16.8 Å². The smallest absolute Gasteiger partial charge is 0.326 e. The topological polar surface area (TPSA) is 138 Å². The average Bonchev–Trinajstić information content (AvgIpc) is 3.07. The molecule has 3 rings (SSSR count). The molecule has 1 fully saturated rings. The molecule has 0 radical (unpaired) electrons. The van der Waals surface area contributed by atoms with Crippen LogP contribution < -0.4 is 9.47 Å². The van der Waals surface area contributed by atoms with Gasteiger partial charge in [0.05, 0.1) is 23.0 Å². The van der Waals surface area contributed by atoms with Crippen LogP contribution in [0.1, 0.15) is 25.8 Å². The van der Waals surface area contributed by atoms with Crippen LogP contribution in [-0.2, 0) is 14.3 Å². The van der Waals surface area contributed by atoms with E-state index < -0.39 is 28.6 Å². The zero-order valence-electron chi connectivity index (χ0n) is 18.5. The van der Waals surface area contributed by atoms with E-state index in [0.717, 1.165) is 22.9 Å². The van der Waals surface area contributed by atoms with E-state index in [9.17, 15) is 24.5 Å². The standard InChI is InChI=1S/C22H21N3O8S/c1-4-13(2)32-20(26)12-24-21(27)18(34-22(24)28)10-14-5-7-16(17(9-14)31-3)33-19-8-6-15(11-23-19)25(29)30/h5-11,13H,4,12H2,1-3H3/b18-10+/t13-/m1/s1. The Balaban J connectivity index is 1.74. The van der Waals surface area contributed by atoms with Crippen molar-refractivity contribution in [2.45, 2.75) is 26.4 Å². The maximum Gasteiger partial charge on any atom is 0.326 e. The van der Waals surface area contributed by atoms with Crippen molar-refractivity contribution in [2.75, 3.05) is 13.7 Å². The lowest BCUT2D eigenvalue weighted by Gasteiger charge is -2.14. The molecular formula is C22H21N3O8S. The first kappa shape index (κ1) is 24.7. The number of carbonyl (C=O) groups excluding carboxylic acids is 3.